The van der Waals surface area contributed by atoms with E-state index in [1.165, 1.54) is 0 Å². The number of aromatic nitrogens is 1. The van der Waals surface area contributed by atoms with Gasteiger partial charge >= 0.3 is 11.9 Å². The molecule has 0 saturated carbocycles. The summed E-state index contributed by atoms with van der Waals surface area (Å²) in [5, 5.41) is 18.0. The van der Waals surface area contributed by atoms with Gasteiger partial charge in [0.25, 0.3) is 0 Å². The van der Waals surface area contributed by atoms with E-state index in [-0.39, 0.29) is 0 Å². The number of nitrogens with one attached hydrogen (secondary N) is 1. The Morgan fingerprint density at radius 3 is 2.00 bits per heavy atom. The van der Waals surface area contributed by atoms with Crippen LogP contribution in [0, 0.1) is 0 Å². The molecule has 2 aromatic rings. The summed E-state index contributed by atoms with van der Waals surface area (Å²) < 4.78 is 21.8. The number of nitrogens with zero attached hydrogens (tertiary/aromatic N) is 1. The van der Waals surface area contributed by atoms with E-state index in [0.29, 0.717) is 44.7 Å². The zero-order chi connectivity index (χ0) is 22.2. The molecule has 3 N–H and O–H groups in total. The first-order valence-corrected chi connectivity index (χ1v) is 9.13. The zero-order valence-electron chi connectivity index (χ0n) is 16.9. The molecule has 1 aromatic heterocycles. The molecule has 0 radical (unpaired) electrons. The van der Waals surface area contributed by atoms with E-state index in [0.717, 1.165) is 11.5 Å². The molecule has 10 heteroatoms. The maximum atomic E-state index is 9.10. The van der Waals surface area contributed by atoms with Crippen molar-refractivity contribution in [1.29, 1.82) is 0 Å². The van der Waals surface area contributed by atoms with Crippen molar-refractivity contribution < 1.29 is 38.7 Å². The van der Waals surface area contributed by atoms with Gasteiger partial charge in [0.15, 0.2) is 11.5 Å². The number of carboxylic acids is 2. The second kappa shape index (κ2) is 14.5. The van der Waals surface area contributed by atoms with Crippen molar-refractivity contribution in [3.63, 3.8) is 0 Å². The predicted octanol–water partition coefficient (Wildman–Crippen LogP) is 1.69. The fourth-order valence-electron chi connectivity index (χ4n) is 2.03. The second-order valence-corrected chi connectivity index (χ2v) is 5.46. The van der Waals surface area contributed by atoms with Crippen LogP contribution in [0.2, 0.25) is 0 Å². The Balaban J connectivity index is 0.000000656. The number of pyridine rings is 1. The minimum atomic E-state index is -1.82. The molecule has 0 saturated heterocycles. The van der Waals surface area contributed by atoms with Gasteiger partial charge in [-0.2, -0.15) is 4.98 Å². The van der Waals surface area contributed by atoms with E-state index in [1.807, 2.05) is 49.4 Å². The van der Waals surface area contributed by atoms with Crippen molar-refractivity contribution >= 4 is 11.9 Å². The van der Waals surface area contributed by atoms with Gasteiger partial charge < -0.3 is 34.5 Å². The summed E-state index contributed by atoms with van der Waals surface area (Å²) in [7, 11) is 1.63. The standard InChI is InChI=1S/C18H24N2O4.C2H2O4/c1-3-22-17-9-6-10-18(20-17)24-14-12-19-11-13-23-16-8-5-4-7-15(16)21-2;3-1(4)2(5)6/h4-10,19H,3,11-14H2,1-2H3;(H,3,4)(H,5,6). The van der Waals surface area contributed by atoms with Crippen LogP contribution in [-0.2, 0) is 9.59 Å². The molecule has 10 nitrogen and oxygen atoms in total. The summed E-state index contributed by atoms with van der Waals surface area (Å²) in [6.07, 6.45) is 0. The van der Waals surface area contributed by atoms with Crippen LogP contribution in [0.5, 0.6) is 23.3 Å². The number of rotatable bonds is 11. The molecule has 0 aliphatic rings. The summed E-state index contributed by atoms with van der Waals surface area (Å²) in [5.74, 6) is -1.03. The summed E-state index contributed by atoms with van der Waals surface area (Å²) in [5.41, 5.74) is 0. The minimum Gasteiger partial charge on any atom is -0.493 e. The molecule has 0 aliphatic heterocycles. The Hall–Kier alpha value is -3.53. The summed E-state index contributed by atoms with van der Waals surface area (Å²) >= 11 is 0. The van der Waals surface area contributed by atoms with Crippen LogP contribution in [0.25, 0.3) is 0 Å². The van der Waals surface area contributed by atoms with E-state index >= 15 is 0 Å². The van der Waals surface area contributed by atoms with E-state index in [2.05, 4.69) is 10.3 Å². The van der Waals surface area contributed by atoms with E-state index in [1.54, 1.807) is 7.11 Å². The van der Waals surface area contributed by atoms with Crippen molar-refractivity contribution in [2.75, 3.05) is 40.0 Å². The summed E-state index contributed by atoms with van der Waals surface area (Å²) in [6, 6.07) is 13.1. The van der Waals surface area contributed by atoms with Gasteiger partial charge in [0.2, 0.25) is 11.8 Å². The van der Waals surface area contributed by atoms with Crippen molar-refractivity contribution in [3.8, 4) is 23.3 Å². The zero-order valence-corrected chi connectivity index (χ0v) is 16.9. The molecular formula is C20H26N2O8. The average Bonchev–Trinajstić information content (AvgIpc) is 2.74. The normalized spacial score (nSPS) is 9.67. The molecule has 2 rings (SSSR count). The number of para-hydroxylation sites is 2. The van der Waals surface area contributed by atoms with Gasteiger partial charge in [0, 0.05) is 25.2 Å². The van der Waals surface area contributed by atoms with Crippen molar-refractivity contribution in [1.82, 2.24) is 10.3 Å². The van der Waals surface area contributed by atoms with Gasteiger partial charge in [0.1, 0.15) is 13.2 Å². The van der Waals surface area contributed by atoms with Crippen LogP contribution in [0.15, 0.2) is 42.5 Å². The predicted molar refractivity (Wildman–Crippen MR) is 108 cm³/mol. The third kappa shape index (κ3) is 10.1. The molecule has 0 amide bonds. The van der Waals surface area contributed by atoms with Crippen LogP contribution in [0.3, 0.4) is 0 Å². The Morgan fingerprint density at radius 2 is 1.43 bits per heavy atom. The molecule has 1 heterocycles. The highest BCUT2D eigenvalue weighted by Crippen LogP contribution is 2.25. The molecule has 30 heavy (non-hydrogen) atoms. The lowest BCUT2D eigenvalue weighted by atomic mass is 10.3. The number of ether oxygens (including phenoxy) is 4. The van der Waals surface area contributed by atoms with Gasteiger partial charge in [-0.05, 0) is 19.1 Å². The topological polar surface area (TPSA) is 136 Å². The largest absolute Gasteiger partial charge is 0.493 e. The average molecular weight is 422 g/mol. The first-order chi connectivity index (χ1) is 14.5. The molecule has 0 atom stereocenters. The fraction of sp³-hybridized carbons (Fsp3) is 0.350. The monoisotopic (exact) mass is 422 g/mol. The summed E-state index contributed by atoms with van der Waals surface area (Å²) in [6.45, 7) is 5.01. The number of methoxy groups -OCH3 is 1. The molecular weight excluding hydrogens is 396 g/mol. The lowest BCUT2D eigenvalue weighted by Crippen LogP contribution is -2.26. The van der Waals surface area contributed by atoms with Crippen molar-refractivity contribution in [2.45, 2.75) is 6.92 Å². The minimum absolute atomic E-state index is 0.525. The van der Waals surface area contributed by atoms with Gasteiger partial charge in [-0.3, -0.25) is 0 Å². The maximum Gasteiger partial charge on any atom is 0.414 e. The molecule has 1 aromatic carbocycles. The third-order valence-electron chi connectivity index (χ3n) is 3.31. The summed E-state index contributed by atoms with van der Waals surface area (Å²) in [4.78, 5) is 22.4. The molecule has 164 valence electrons. The lowest BCUT2D eigenvalue weighted by molar-refractivity contribution is -0.159. The fourth-order valence-corrected chi connectivity index (χ4v) is 2.03. The first-order valence-electron chi connectivity index (χ1n) is 9.13. The Kier molecular flexibility index (Phi) is 11.8. The Morgan fingerprint density at radius 1 is 0.867 bits per heavy atom. The van der Waals surface area contributed by atoms with Gasteiger partial charge in [0.05, 0.1) is 13.7 Å². The van der Waals surface area contributed by atoms with E-state index < -0.39 is 11.9 Å². The Labute approximate surface area is 174 Å². The van der Waals surface area contributed by atoms with Crippen molar-refractivity contribution in [3.05, 3.63) is 42.5 Å². The number of hydrogen-bond acceptors (Lipinski definition) is 8. The smallest absolute Gasteiger partial charge is 0.414 e. The highest BCUT2D eigenvalue weighted by Gasteiger charge is 2.04. The van der Waals surface area contributed by atoms with Crippen LogP contribution >= 0.6 is 0 Å². The van der Waals surface area contributed by atoms with Crippen LogP contribution in [0.1, 0.15) is 6.92 Å². The quantitative estimate of drug-likeness (QED) is 0.362. The number of aliphatic carboxylic acids is 2. The third-order valence-corrected chi connectivity index (χ3v) is 3.31. The van der Waals surface area contributed by atoms with Crippen LogP contribution in [0.4, 0.5) is 0 Å². The number of benzene rings is 1. The van der Waals surface area contributed by atoms with E-state index in [4.69, 9.17) is 38.7 Å². The Bertz CT molecular complexity index is 773. The molecule has 0 unspecified atom stereocenters. The number of carbonyl (C=O) groups is 2. The van der Waals surface area contributed by atoms with Crippen LogP contribution in [-0.4, -0.2) is 67.2 Å². The maximum absolute atomic E-state index is 9.10. The van der Waals surface area contributed by atoms with Gasteiger partial charge in [-0.25, -0.2) is 9.59 Å². The number of carboxylic acid groups (broad SMARTS) is 2. The highest BCUT2D eigenvalue weighted by atomic mass is 16.5. The molecule has 0 aliphatic carbocycles. The van der Waals surface area contributed by atoms with Crippen LogP contribution < -0.4 is 24.3 Å². The first kappa shape index (κ1) is 24.5. The van der Waals surface area contributed by atoms with Gasteiger partial charge in [-0.15, -0.1) is 0 Å². The van der Waals surface area contributed by atoms with E-state index in [9.17, 15) is 0 Å². The molecule has 0 bridgehead atoms. The van der Waals surface area contributed by atoms with Crippen molar-refractivity contribution in [2.24, 2.45) is 0 Å². The molecule has 0 spiro atoms. The lowest BCUT2D eigenvalue weighted by Gasteiger charge is -2.11. The number of hydrogen-bond donors (Lipinski definition) is 3. The SMILES string of the molecule is CCOc1cccc(OCCNCCOc2ccccc2OC)n1.O=C(O)C(=O)O. The highest BCUT2D eigenvalue weighted by molar-refractivity contribution is 6.27. The molecule has 0 fully saturated rings. The van der Waals surface area contributed by atoms with Gasteiger partial charge in [-0.1, -0.05) is 18.2 Å². The second-order valence-electron chi connectivity index (χ2n) is 5.46.